The average Bonchev–Trinajstić information content (AvgIpc) is 2.69. The maximum Gasteiger partial charge on any atom is 0.0605 e. The Morgan fingerprint density at radius 1 is 1.07 bits per heavy atom. The molecule has 0 N–H and O–H groups in total. The summed E-state index contributed by atoms with van der Waals surface area (Å²) in [7, 11) is 2.26. The molecule has 0 bridgehead atoms. The lowest BCUT2D eigenvalue weighted by molar-refractivity contribution is -0.0476. The highest BCUT2D eigenvalue weighted by molar-refractivity contribution is 5.48. The van der Waals surface area contributed by atoms with Crippen molar-refractivity contribution >= 4 is 5.69 Å². The third-order valence-electron chi connectivity index (χ3n) is 6.81. The van der Waals surface area contributed by atoms with Crippen LogP contribution in [-0.2, 0) is 11.3 Å². The summed E-state index contributed by atoms with van der Waals surface area (Å²) in [4.78, 5) is 7.66. The van der Waals surface area contributed by atoms with Crippen LogP contribution in [0.4, 0.5) is 5.69 Å². The second kappa shape index (κ2) is 10.6. The van der Waals surface area contributed by atoms with Gasteiger partial charge in [0.05, 0.1) is 6.10 Å². The smallest absolute Gasteiger partial charge is 0.0605 e. The van der Waals surface area contributed by atoms with Crippen LogP contribution in [0.25, 0.3) is 0 Å². The molecule has 1 saturated carbocycles. The molecule has 2 fully saturated rings. The molecule has 2 aliphatic rings. The summed E-state index contributed by atoms with van der Waals surface area (Å²) in [5.74, 6) is 0. The second-order valence-electron chi connectivity index (χ2n) is 8.83. The molecule has 3 rings (SSSR count). The maximum absolute atomic E-state index is 5.93. The number of hydrogen-bond acceptors (Lipinski definition) is 4. The molecule has 4 nitrogen and oxygen atoms in total. The van der Waals surface area contributed by atoms with Gasteiger partial charge >= 0.3 is 0 Å². The van der Waals surface area contributed by atoms with Crippen molar-refractivity contribution in [3.63, 3.8) is 0 Å². The predicted molar refractivity (Wildman–Crippen MR) is 119 cm³/mol. The molecule has 1 aromatic rings. The van der Waals surface area contributed by atoms with E-state index < -0.39 is 0 Å². The van der Waals surface area contributed by atoms with E-state index in [9.17, 15) is 0 Å². The van der Waals surface area contributed by atoms with Crippen LogP contribution in [0.15, 0.2) is 24.3 Å². The van der Waals surface area contributed by atoms with E-state index in [2.05, 4.69) is 66.8 Å². The Bertz CT molecular complexity index is 562. The van der Waals surface area contributed by atoms with Crippen molar-refractivity contribution in [1.29, 1.82) is 0 Å². The van der Waals surface area contributed by atoms with Gasteiger partial charge in [-0.15, -0.1) is 0 Å². The van der Waals surface area contributed by atoms with Crippen LogP contribution >= 0.6 is 0 Å². The van der Waals surface area contributed by atoms with Crippen LogP contribution in [0.5, 0.6) is 0 Å². The average molecular weight is 388 g/mol. The Morgan fingerprint density at radius 2 is 1.75 bits per heavy atom. The lowest BCUT2D eigenvalue weighted by Crippen LogP contribution is -2.49. The largest absolute Gasteiger partial charge is 0.378 e. The van der Waals surface area contributed by atoms with Gasteiger partial charge in [0.2, 0.25) is 0 Å². The number of unbranched alkanes of at least 4 members (excludes halogenated alkanes) is 1. The van der Waals surface area contributed by atoms with E-state index in [4.69, 9.17) is 4.74 Å². The van der Waals surface area contributed by atoms with Crippen LogP contribution in [0, 0.1) is 0 Å². The highest BCUT2D eigenvalue weighted by atomic mass is 16.5. The van der Waals surface area contributed by atoms with Crippen molar-refractivity contribution in [1.82, 2.24) is 9.80 Å². The summed E-state index contributed by atoms with van der Waals surface area (Å²) < 4.78 is 5.93. The fourth-order valence-corrected chi connectivity index (χ4v) is 4.34. The van der Waals surface area contributed by atoms with Crippen molar-refractivity contribution in [2.45, 2.75) is 77.6 Å². The van der Waals surface area contributed by atoms with E-state index in [-0.39, 0.29) is 0 Å². The van der Waals surface area contributed by atoms with E-state index in [1.54, 1.807) is 0 Å². The highest BCUT2D eigenvalue weighted by Gasteiger charge is 2.32. The van der Waals surface area contributed by atoms with E-state index >= 15 is 0 Å². The van der Waals surface area contributed by atoms with E-state index in [1.807, 2.05) is 0 Å². The predicted octanol–water partition coefficient (Wildman–Crippen LogP) is 4.39. The zero-order chi connectivity index (χ0) is 19.9. The summed E-state index contributed by atoms with van der Waals surface area (Å²) in [6, 6.07) is 10.7. The van der Waals surface area contributed by atoms with E-state index in [0.29, 0.717) is 18.2 Å². The molecule has 158 valence electrons. The first kappa shape index (κ1) is 21.6. The number of benzene rings is 1. The molecule has 1 aliphatic heterocycles. The molecule has 0 aromatic heterocycles. The van der Waals surface area contributed by atoms with Crippen LogP contribution in [0.2, 0.25) is 0 Å². The van der Waals surface area contributed by atoms with Crippen LogP contribution < -0.4 is 4.90 Å². The molecule has 1 aromatic carbocycles. The summed E-state index contributed by atoms with van der Waals surface area (Å²) in [5.41, 5.74) is 2.79. The number of anilines is 1. The van der Waals surface area contributed by atoms with Crippen LogP contribution in [0.3, 0.4) is 0 Å². The van der Waals surface area contributed by atoms with Gasteiger partial charge < -0.3 is 9.64 Å². The Kier molecular flexibility index (Phi) is 8.19. The zero-order valence-corrected chi connectivity index (χ0v) is 18.6. The van der Waals surface area contributed by atoms with Gasteiger partial charge in [0, 0.05) is 57.1 Å². The molecule has 28 heavy (non-hydrogen) atoms. The minimum atomic E-state index is 0.496. The molecule has 1 heterocycles. The van der Waals surface area contributed by atoms with Crippen molar-refractivity contribution in [3.05, 3.63) is 29.8 Å². The van der Waals surface area contributed by atoms with Gasteiger partial charge in [0.25, 0.3) is 0 Å². The molecule has 0 radical (unpaired) electrons. The first-order chi connectivity index (χ1) is 13.6. The minimum Gasteiger partial charge on any atom is -0.378 e. The van der Waals surface area contributed by atoms with Crippen LogP contribution in [-0.4, -0.2) is 67.8 Å². The first-order valence-electron chi connectivity index (χ1n) is 11.5. The molecule has 1 unspecified atom stereocenters. The number of hydrogen-bond donors (Lipinski definition) is 0. The summed E-state index contributed by atoms with van der Waals surface area (Å²) >= 11 is 0. The molecule has 4 heteroatoms. The van der Waals surface area contributed by atoms with Crippen molar-refractivity contribution in [2.75, 3.05) is 44.7 Å². The fraction of sp³-hybridized carbons (Fsp3) is 0.750. The Hall–Kier alpha value is -1.10. The maximum atomic E-state index is 5.93. The quantitative estimate of drug-likeness (QED) is 0.554. The SMILES string of the molecule is CCCCOC1CC(N(C)Cc2ccc(N3CCN(C(C)CC)CC3)cc2)C1. The Labute approximate surface area is 172 Å². The third kappa shape index (κ3) is 5.71. The molecule has 1 saturated heterocycles. The fourth-order valence-electron chi connectivity index (χ4n) is 4.34. The lowest BCUT2D eigenvalue weighted by Gasteiger charge is -2.41. The standard InChI is InChI=1S/C24H41N3O/c1-5-7-16-28-24-17-23(18-24)25(4)19-21-8-10-22(11-9-21)27-14-12-26(13-15-27)20(3)6-2/h8-11,20,23-24H,5-7,12-19H2,1-4H3. The van der Waals surface area contributed by atoms with Gasteiger partial charge in [0.1, 0.15) is 0 Å². The van der Waals surface area contributed by atoms with Crippen LogP contribution in [0.1, 0.15) is 58.4 Å². The lowest BCUT2D eigenvalue weighted by atomic mass is 9.88. The van der Waals surface area contributed by atoms with Gasteiger partial charge in [0.15, 0.2) is 0 Å². The molecule has 1 atom stereocenters. The molecule has 0 spiro atoms. The van der Waals surface area contributed by atoms with Gasteiger partial charge in [-0.1, -0.05) is 32.4 Å². The minimum absolute atomic E-state index is 0.496. The van der Waals surface area contributed by atoms with Gasteiger partial charge in [-0.05, 0) is 57.4 Å². The number of rotatable bonds is 10. The molecule has 1 aliphatic carbocycles. The van der Waals surface area contributed by atoms with Gasteiger partial charge in [-0.2, -0.15) is 0 Å². The summed E-state index contributed by atoms with van der Waals surface area (Å²) in [6.45, 7) is 13.5. The third-order valence-corrected chi connectivity index (χ3v) is 6.81. The summed E-state index contributed by atoms with van der Waals surface area (Å²) in [5, 5.41) is 0. The molecular weight excluding hydrogens is 346 g/mol. The number of piperazine rings is 1. The Morgan fingerprint density at radius 3 is 2.36 bits per heavy atom. The van der Waals surface area contributed by atoms with E-state index in [1.165, 1.54) is 56.4 Å². The van der Waals surface area contributed by atoms with Crippen molar-refractivity contribution < 1.29 is 4.74 Å². The Balaban J connectivity index is 1.40. The van der Waals surface area contributed by atoms with Gasteiger partial charge in [-0.25, -0.2) is 0 Å². The second-order valence-corrected chi connectivity index (χ2v) is 8.83. The highest BCUT2D eigenvalue weighted by Crippen LogP contribution is 2.29. The monoisotopic (exact) mass is 387 g/mol. The van der Waals surface area contributed by atoms with Crippen molar-refractivity contribution in [3.8, 4) is 0 Å². The number of nitrogens with zero attached hydrogens (tertiary/aromatic N) is 3. The summed E-state index contributed by atoms with van der Waals surface area (Å²) in [6.07, 6.45) is 6.54. The molecular formula is C24H41N3O. The topological polar surface area (TPSA) is 19.0 Å². The normalized spacial score (nSPS) is 24.4. The van der Waals surface area contributed by atoms with Gasteiger partial charge in [-0.3, -0.25) is 9.80 Å². The first-order valence-corrected chi connectivity index (χ1v) is 11.5. The van der Waals surface area contributed by atoms with Crippen molar-refractivity contribution in [2.24, 2.45) is 0 Å². The zero-order valence-electron chi connectivity index (χ0n) is 18.6. The number of ether oxygens (including phenoxy) is 1. The molecule has 0 amide bonds. The van der Waals surface area contributed by atoms with E-state index in [0.717, 1.165) is 26.2 Å².